The van der Waals surface area contributed by atoms with Crippen LogP contribution in [0, 0.1) is 5.92 Å². The Kier molecular flexibility index (Phi) is 5.83. The standard InChI is InChI=1S/C18H27NO2/c1-5-19-11-18-16(12-20-14(4)10-13(2)3)15-8-6-7-9-17(15)21-18/h6-9,13-14,19H,5,10-12H2,1-4H3. The van der Waals surface area contributed by atoms with Crippen LogP contribution in [-0.4, -0.2) is 12.6 Å². The third-order valence-corrected chi connectivity index (χ3v) is 3.63. The van der Waals surface area contributed by atoms with E-state index >= 15 is 0 Å². The fourth-order valence-electron chi connectivity index (χ4n) is 2.65. The molecule has 0 saturated carbocycles. The smallest absolute Gasteiger partial charge is 0.134 e. The van der Waals surface area contributed by atoms with E-state index in [0.29, 0.717) is 12.5 Å². The molecular weight excluding hydrogens is 262 g/mol. The van der Waals surface area contributed by atoms with Gasteiger partial charge in [0.15, 0.2) is 0 Å². The molecule has 0 aliphatic heterocycles. The van der Waals surface area contributed by atoms with Crippen LogP contribution in [0.5, 0.6) is 0 Å². The van der Waals surface area contributed by atoms with Crippen molar-refractivity contribution in [1.29, 1.82) is 0 Å². The molecule has 2 aromatic rings. The Balaban J connectivity index is 2.15. The molecule has 21 heavy (non-hydrogen) atoms. The highest BCUT2D eigenvalue weighted by atomic mass is 16.5. The van der Waals surface area contributed by atoms with Crippen molar-refractivity contribution < 1.29 is 9.15 Å². The Morgan fingerprint density at radius 2 is 1.95 bits per heavy atom. The van der Waals surface area contributed by atoms with Crippen LogP contribution in [-0.2, 0) is 17.9 Å². The lowest BCUT2D eigenvalue weighted by atomic mass is 10.1. The van der Waals surface area contributed by atoms with Gasteiger partial charge >= 0.3 is 0 Å². The van der Waals surface area contributed by atoms with Crippen LogP contribution in [0.3, 0.4) is 0 Å². The molecule has 0 amide bonds. The molecule has 1 N–H and O–H groups in total. The summed E-state index contributed by atoms with van der Waals surface area (Å²) in [6, 6.07) is 8.19. The van der Waals surface area contributed by atoms with E-state index in [-0.39, 0.29) is 6.10 Å². The van der Waals surface area contributed by atoms with Gasteiger partial charge in [-0.3, -0.25) is 0 Å². The molecule has 0 saturated heterocycles. The minimum Gasteiger partial charge on any atom is -0.459 e. The second kappa shape index (κ2) is 7.62. The van der Waals surface area contributed by atoms with Crippen LogP contribution < -0.4 is 5.32 Å². The molecule has 116 valence electrons. The van der Waals surface area contributed by atoms with Gasteiger partial charge in [0.05, 0.1) is 19.3 Å². The second-order valence-corrected chi connectivity index (χ2v) is 6.03. The van der Waals surface area contributed by atoms with Crippen LogP contribution in [0.4, 0.5) is 0 Å². The van der Waals surface area contributed by atoms with E-state index in [1.807, 2.05) is 12.1 Å². The summed E-state index contributed by atoms with van der Waals surface area (Å²) in [5.74, 6) is 1.65. The molecule has 0 spiro atoms. The molecule has 1 unspecified atom stereocenters. The van der Waals surface area contributed by atoms with Crippen LogP contribution >= 0.6 is 0 Å². The summed E-state index contributed by atoms with van der Waals surface area (Å²) >= 11 is 0. The number of nitrogens with one attached hydrogen (secondary N) is 1. The first-order chi connectivity index (χ1) is 10.1. The van der Waals surface area contributed by atoms with E-state index in [2.05, 4.69) is 45.1 Å². The maximum Gasteiger partial charge on any atom is 0.134 e. The highest BCUT2D eigenvalue weighted by Gasteiger charge is 2.15. The number of benzene rings is 1. The number of furan rings is 1. The topological polar surface area (TPSA) is 34.4 Å². The Bertz CT molecular complexity index is 559. The molecular formula is C18H27NO2. The number of ether oxygens (including phenoxy) is 1. The Labute approximate surface area is 127 Å². The summed E-state index contributed by atoms with van der Waals surface area (Å²) in [5, 5.41) is 4.51. The summed E-state index contributed by atoms with van der Waals surface area (Å²) in [6.07, 6.45) is 1.35. The minimum absolute atomic E-state index is 0.269. The molecule has 1 aromatic heterocycles. The lowest BCUT2D eigenvalue weighted by Crippen LogP contribution is -2.14. The van der Waals surface area contributed by atoms with Gasteiger partial charge in [-0.25, -0.2) is 0 Å². The zero-order chi connectivity index (χ0) is 15.2. The van der Waals surface area contributed by atoms with Gasteiger partial charge in [0.2, 0.25) is 0 Å². The van der Waals surface area contributed by atoms with Gasteiger partial charge in [0.1, 0.15) is 11.3 Å². The molecule has 2 rings (SSSR count). The molecule has 1 aromatic carbocycles. The van der Waals surface area contributed by atoms with Crippen LogP contribution in [0.25, 0.3) is 11.0 Å². The number of rotatable bonds is 8. The van der Waals surface area contributed by atoms with Gasteiger partial charge in [0, 0.05) is 10.9 Å². The molecule has 0 aliphatic rings. The van der Waals surface area contributed by atoms with Crippen molar-refractivity contribution in [3.8, 4) is 0 Å². The first kappa shape index (κ1) is 16.1. The normalized spacial score (nSPS) is 13.2. The molecule has 0 fully saturated rings. The predicted molar refractivity (Wildman–Crippen MR) is 87.3 cm³/mol. The van der Waals surface area contributed by atoms with Crippen LogP contribution in [0.15, 0.2) is 28.7 Å². The van der Waals surface area contributed by atoms with Crippen LogP contribution in [0.2, 0.25) is 0 Å². The molecule has 3 heteroatoms. The SMILES string of the molecule is CCNCc1oc2ccccc2c1COC(C)CC(C)C. The fourth-order valence-corrected chi connectivity index (χ4v) is 2.65. The largest absolute Gasteiger partial charge is 0.459 e. The number of hydrogen-bond donors (Lipinski definition) is 1. The highest BCUT2D eigenvalue weighted by molar-refractivity contribution is 5.82. The van der Waals surface area contributed by atoms with Gasteiger partial charge in [-0.1, -0.05) is 39.0 Å². The van der Waals surface area contributed by atoms with E-state index < -0.39 is 0 Å². The zero-order valence-electron chi connectivity index (χ0n) is 13.6. The molecule has 0 radical (unpaired) electrons. The molecule has 1 heterocycles. The highest BCUT2D eigenvalue weighted by Crippen LogP contribution is 2.27. The average molecular weight is 289 g/mol. The zero-order valence-corrected chi connectivity index (χ0v) is 13.6. The predicted octanol–water partition coefficient (Wildman–Crippen LogP) is 4.49. The van der Waals surface area contributed by atoms with Gasteiger partial charge in [-0.15, -0.1) is 0 Å². The molecule has 1 atom stereocenters. The second-order valence-electron chi connectivity index (χ2n) is 6.03. The third-order valence-electron chi connectivity index (χ3n) is 3.63. The van der Waals surface area contributed by atoms with Crippen molar-refractivity contribution in [3.05, 3.63) is 35.6 Å². The van der Waals surface area contributed by atoms with Gasteiger partial charge in [0.25, 0.3) is 0 Å². The van der Waals surface area contributed by atoms with E-state index in [4.69, 9.17) is 9.15 Å². The van der Waals surface area contributed by atoms with E-state index in [0.717, 1.165) is 30.9 Å². The van der Waals surface area contributed by atoms with Gasteiger partial charge < -0.3 is 14.5 Å². The average Bonchev–Trinajstić information content (AvgIpc) is 2.79. The fraction of sp³-hybridized carbons (Fsp3) is 0.556. The van der Waals surface area contributed by atoms with Crippen molar-refractivity contribution in [1.82, 2.24) is 5.32 Å². The summed E-state index contributed by atoms with van der Waals surface area (Å²) < 4.78 is 12.0. The lowest BCUT2D eigenvalue weighted by Gasteiger charge is -2.15. The minimum atomic E-state index is 0.269. The lowest BCUT2D eigenvalue weighted by molar-refractivity contribution is 0.0394. The van der Waals surface area contributed by atoms with E-state index in [9.17, 15) is 0 Å². The Morgan fingerprint density at radius 3 is 2.67 bits per heavy atom. The summed E-state index contributed by atoms with van der Waals surface area (Å²) in [4.78, 5) is 0. The maximum atomic E-state index is 6.04. The summed E-state index contributed by atoms with van der Waals surface area (Å²) in [6.45, 7) is 11.0. The van der Waals surface area contributed by atoms with Gasteiger partial charge in [-0.2, -0.15) is 0 Å². The molecule has 0 bridgehead atoms. The van der Waals surface area contributed by atoms with Crippen molar-refractivity contribution in [3.63, 3.8) is 0 Å². The quantitative estimate of drug-likeness (QED) is 0.777. The Morgan fingerprint density at radius 1 is 1.19 bits per heavy atom. The monoisotopic (exact) mass is 289 g/mol. The van der Waals surface area contributed by atoms with Crippen LogP contribution in [0.1, 0.15) is 45.4 Å². The van der Waals surface area contributed by atoms with Crippen molar-refractivity contribution in [2.75, 3.05) is 6.54 Å². The molecule has 0 aliphatic carbocycles. The maximum absolute atomic E-state index is 6.04. The number of hydrogen-bond acceptors (Lipinski definition) is 3. The van der Waals surface area contributed by atoms with Gasteiger partial charge in [-0.05, 0) is 31.9 Å². The van der Waals surface area contributed by atoms with Crippen molar-refractivity contribution in [2.45, 2.75) is 53.4 Å². The molecule has 3 nitrogen and oxygen atoms in total. The third kappa shape index (κ3) is 4.32. The van der Waals surface area contributed by atoms with Crippen molar-refractivity contribution in [2.24, 2.45) is 5.92 Å². The number of fused-ring (bicyclic) bond motifs is 1. The van der Waals surface area contributed by atoms with E-state index in [1.165, 1.54) is 10.9 Å². The first-order valence-electron chi connectivity index (χ1n) is 7.93. The summed E-state index contributed by atoms with van der Waals surface area (Å²) in [5.41, 5.74) is 2.13. The van der Waals surface area contributed by atoms with Crippen molar-refractivity contribution >= 4 is 11.0 Å². The summed E-state index contributed by atoms with van der Waals surface area (Å²) in [7, 11) is 0. The number of para-hydroxylation sites is 1. The Hall–Kier alpha value is -1.32. The van der Waals surface area contributed by atoms with E-state index in [1.54, 1.807) is 0 Å². The first-order valence-corrected chi connectivity index (χ1v) is 7.93.